The predicted molar refractivity (Wildman–Crippen MR) is 65.0 cm³/mol. The van der Waals surface area contributed by atoms with Crippen molar-refractivity contribution in [1.29, 1.82) is 0 Å². The van der Waals surface area contributed by atoms with E-state index in [0.29, 0.717) is 18.0 Å². The maximum Gasteiger partial charge on any atom is 0.0584 e. The van der Waals surface area contributed by atoms with Crippen molar-refractivity contribution in [3.05, 3.63) is 0 Å². The molecule has 0 aliphatic heterocycles. The van der Waals surface area contributed by atoms with Crippen LogP contribution in [-0.4, -0.2) is 23.8 Å². The zero-order chi connectivity index (χ0) is 11.1. The van der Waals surface area contributed by atoms with Crippen molar-refractivity contribution < 1.29 is 5.11 Å². The smallest absolute Gasteiger partial charge is 0.0584 e. The Bertz CT molecular complexity index is 151. The Kier molecular flexibility index (Phi) is 6.26. The molecule has 2 N–H and O–H groups in total. The summed E-state index contributed by atoms with van der Waals surface area (Å²) in [6, 6.07) is 0.969. The molecule has 2 heteroatoms. The largest absolute Gasteiger partial charge is 0.395 e. The Labute approximate surface area is 94.5 Å². The normalized spacial score (nSPS) is 21.6. The van der Waals surface area contributed by atoms with Crippen molar-refractivity contribution in [1.82, 2.24) is 5.32 Å². The molecule has 1 aliphatic rings. The van der Waals surface area contributed by atoms with E-state index in [1.54, 1.807) is 0 Å². The first-order valence-corrected chi connectivity index (χ1v) is 6.59. The predicted octanol–water partition coefficient (Wildman–Crippen LogP) is 2.71. The van der Waals surface area contributed by atoms with Crippen LogP contribution in [0.1, 0.15) is 58.8 Å². The minimum absolute atomic E-state index is 0.286. The maximum atomic E-state index is 9.31. The Hall–Kier alpha value is -0.0800. The molecule has 0 bridgehead atoms. The van der Waals surface area contributed by atoms with Gasteiger partial charge in [-0.05, 0) is 25.2 Å². The number of hydrogen-bond acceptors (Lipinski definition) is 2. The second kappa shape index (κ2) is 7.24. The fraction of sp³-hybridized carbons (Fsp3) is 1.00. The van der Waals surface area contributed by atoms with Gasteiger partial charge in [0.1, 0.15) is 0 Å². The van der Waals surface area contributed by atoms with Crippen molar-refractivity contribution in [2.24, 2.45) is 5.92 Å². The van der Waals surface area contributed by atoms with Gasteiger partial charge in [0.05, 0.1) is 6.61 Å². The van der Waals surface area contributed by atoms with Crippen LogP contribution in [-0.2, 0) is 0 Å². The van der Waals surface area contributed by atoms with Gasteiger partial charge in [0, 0.05) is 12.1 Å². The molecule has 15 heavy (non-hydrogen) atoms. The number of hydrogen-bond donors (Lipinski definition) is 2. The van der Waals surface area contributed by atoms with Crippen LogP contribution >= 0.6 is 0 Å². The molecular formula is C13H27NO. The third-order valence-corrected chi connectivity index (χ3v) is 3.30. The fourth-order valence-corrected chi connectivity index (χ4v) is 2.54. The molecule has 0 saturated heterocycles. The van der Waals surface area contributed by atoms with Crippen molar-refractivity contribution >= 4 is 0 Å². The molecule has 1 atom stereocenters. The van der Waals surface area contributed by atoms with E-state index in [0.717, 1.165) is 6.42 Å². The summed E-state index contributed by atoms with van der Waals surface area (Å²) in [7, 11) is 0. The minimum atomic E-state index is 0.286. The molecule has 1 fully saturated rings. The standard InChI is InChI=1S/C13H27NO/c1-11(2)9-13(10-15)14-12-7-5-3-4-6-8-12/h11-15H,3-10H2,1-2H3. The summed E-state index contributed by atoms with van der Waals surface area (Å²) in [6.45, 7) is 4.73. The molecule has 0 spiro atoms. The molecule has 0 amide bonds. The molecule has 2 nitrogen and oxygen atoms in total. The van der Waals surface area contributed by atoms with Gasteiger partial charge < -0.3 is 10.4 Å². The van der Waals surface area contributed by atoms with E-state index >= 15 is 0 Å². The number of aliphatic hydroxyl groups excluding tert-OH is 1. The number of aliphatic hydroxyl groups is 1. The lowest BCUT2D eigenvalue weighted by Gasteiger charge is -2.24. The van der Waals surface area contributed by atoms with Gasteiger partial charge in [0.15, 0.2) is 0 Å². The van der Waals surface area contributed by atoms with Gasteiger partial charge in [0.25, 0.3) is 0 Å². The third kappa shape index (κ3) is 5.53. The molecule has 1 unspecified atom stereocenters. The van der Waals surface area contributed by atoms with Crippen LogP contribution < -0.4 is 5.32 Å². The summed E-state index contributed by atoms with van der Waals surface area (Å²) >= 11 is 0. The third-order valence-electron chi connectivity index (χ3n) is 3.30. The van der Waals surface area contributed by atoms with Crippen LogP contribution in [0.15, 0.2) is 0 Å². The molecule has 90 valence electrons. The van der Waals surface area contributed by atoms with Crippen molar-refractivity contribution in [3.8, 4) is 0 Å². The van der Waals surface area contributed by atoms with Crippen LogP contribution in [0.3, 0.4) is 0 Å². The Balaban J connectivity index is 2.28. The van der Waals surface area contributed by atoms with Gasteiger partial charge in [-0.15, -0.1) is 0 Å². The van der Waals surface area contributed by atoms with Crippen LogP contribution in [0.5, 0.6) is 0 Å². The van der Waals surface area contributed by atoms with Crippen LogP contribution in [0.2, 0.25) is 0 Å². The maximum absolute atomic E-state index is 9.31. The Morgan fingerprint density at radius 1 is 1.13 bits per heavy atom. The van der Waals surface area contributed by atoms with Gasteiger partial charge >= 0.3 is 0 Å². The van der Waals surface area contributed by atoms with Crippen molar-refractivity contribution in [3.63, 3.8) is 0 Å². The first-order chi connectivity index (χ1) is 7.22. The van der Waals surface area contributed by atoms with Crippen molar-refractivity contribution in [2.75, 3.05) is 6.61 Å². The summed E-state index contributed by atoms with van der Waals surface area (Å²) in [5, 5.41) is 12.9. The summed E-state index contributed by atoms with van der Waals surface area (Å²) in [5.74, 6) is 0.667. The quantitative estimate of drug-likeness (QED) is 0.688. The molecule has 0 radical (unpaired) electrons. The van der Waals surface area contributed by atoms with Gasteiger partial charge in [-0.2, -0.15) is 0 Å². The summed E-state index contributed by atoms with van der Waals surface area (Å²) in [5.41, 5.74) is 0. The SMILES string of the molecule is CC(C)CC(CO)NC1CCCCCC1. The second-order valence-electron chi connectivity index (χ2n) is 5.36. The average Bonchev–Trinajstić information content (AvgIpc) is 2.44. The lowest BCUT2D eigenvalue weighted by molar-refractivity contribution is 0.208. The lowest BCUT2D eigenvalue weighted by Crippen LogP contribution is -2.41. The lowest BCUT2D eigenvalue weighted by atomic mass is 10.0. The van der Waals surface area contributed by atoms with E-state index in [-0.39, 0.29) is 6.61 Å². The zero-order valence-corrected chi connectivity index (χ0v) is 10.3. The van der Waals surface area contributed by atoms with Crippen LogP contribution in [0.25, 0.3) is 0 Å². The highest BCUT2D eigenvalue weighted by molar-refractivity contribution is 4.76. The molecule has 0 aromatic rings. The molecule has 0 aromatic carbocycles. The van der Waals surface area contributed by atoms with Gasteiger partial charge in [-0.3, -0.25) is 0 Å². The summed E-state index contributed by atoms with van der Waals surface area (Å²) < 4.78 is 0. The van der Waals surface area contributed by atoms with E-state index < -0.39 is 0 Å². The molecule has 1 saturated carbocycles. The Morgan fingerprint density at radius 3 is 2.20 bits per heavy atom. The van der Waals surface area contributed by atoms with E-state index in [1.807, 2.05) is 0 Å². The molecule has 0 aromatic heterocycles. The zero-order valence-electron chi connectivity index (χ0n) is 10.3. The van der Waals surface area contributed by atoms with Gasteiger partial charge in [-0.25, -0.2) is 0 Å². The minimum Gasteiger partial charge on any atom is -0.395 e. The molecule has 1 rings (SSSR count). The summed E-state index contributed by atoms with van der Waals surface area (Å²) in [4.78, 5) is 0. The summed E-state index contributed by atoms with van der Waals surface area (Å²) in [6.07, 6.45) is 9.20. The topological polar surface area (TPSA) is 32.3 Å². The highest BCUT2D eigenvalue weighted by Crippen LogP contribution is 2.18. The van der Waals surface area contributed by atoms with Crippen LogP contribution in [0, 0.1) is 5.92 Å². The highest BCUT2D eigenvalue weighted by atomic mass is 16.3. The van der Waals surface area contributed by atoms with Gasteiger partial charge in [0.2, 0.25) is 0 Å². The van der Waals surface area contributed by atoms with E-state index in [9.17, 15) is 5.11 Å². The molecule has 0 heterocycles. The second-order valence-corrected chi connectivity index (χ2v) is 5.36. The van der Waals surface area contributed by atoms with Crippen molar-refractivity contribution in [2.45, 2.75) is 70.9 Å². The highest BCUT2D eigenvalue weighted by Gasteiger charge is 2.17. The van der Waals surface area contributed by atoms with E-state index in [4.69, 9.17) is 0 Å². The van der Waals surface area contributed by atoms with Gasteiger partial charge in [-0.1, -0.05) is 39.5 Å². The van der Waals surface area contributed by atoms with E-state index in [2.05, 4.69) is 19.2 Å². The first kappa shape index (κ1) is 13.0. The monoisotopic (exact) mass is 213 g/mol. The fourth-order valence-electron chi connectivity index (χ4n) is 2.54. The number of rotatable bonds is 5. The number of nitrogens with one attached hydrogen (secondary N) is 1. The van der Waals surface area contributed by atoms with Crippen LogP contribution in [0.4, 0.5) is 0 Å². The molecule has 1 aliphatic carbocycles. The van der Waals surface area contributed by atoms with E-state index in [1.165, 1.54) is 38.5 Å². The first-order valence-electron chi connectivity index (χ1n) is 6.59. The Morgan fingerprint density at radius 2 is 1.73 bits per heavy atom. The average molecular weight is 213 g/mol. The molecular weight excluding hydrogens is 186 g/mol.